The highest BCUT2D eigenvalue weighted by atomic mass is 35.5. The Morgan fingerprint density at radius 3 is 3.00 bits per heavy atom. The van der Waals surface area contributed by atoms with Crippen LogP contribution < -0.4 is 0 Å². The molecule has 12 heavy (non-hydrogen) atoms. The van der Waals surface area contributed by atoms with E-state index in [4.69, 9.17) is 16.9 Å². The number of nitrogens with zero attached hydrogens (tertiary/aromatic N) is 1. The molecule has 2 aromatic rings. The third-order valence-electron chi connectivity index (χ3n) is 1.76. The van der Waals surface area contributed by atoms with Crippen LogP contribution in [-0.4, -0.2) is 4.98 Å². The van der Waals surface area contributed by atoms with Gasteiger partial charge in [-0.2, -0.15) is 5.26 Å². The van der Waals surface area contributed by atoms with Gasteiger partial charge in [0.2, 0.25) is 0 Å². The van der Waals surface area contributed by atoms with Crippen LogP contribution in [0, 0.1) is 11.3 Å². The van der Waals surface area contributed by atoms with Crippen molar-refractivity contribution in [3.8, 4) is 6.07 Å². The molecule has 1 aromatic carbocycles. The van der Waals surface area contributed by atoms with Gasteiger partial charge in [-0.15, -0.1) is 0 Å². The molecule has 0 aliphatic heterocycles. The minimum atomic E-state index is 0.640. The van der Waals surface area contributed by atoms with Gasteiger partial charge in [0.15, 0.2) is 0 Å². The molecule has 0 saturated heterocycles. The van der Waals surface area contributed by atoms with Crippen LogP contribution in [0.2, 0.25) is 5.02 Å². The number of hydrogen-bond donors (Lipinski definition) is 1. The predicted octanol–water partition coefficient (Wildman–Crippen LogP) is 2.69. The van der Waals surface area contributed by atoms with Gasteiger partial charge in [0.1, 0.15) is 0 Å². The molecule has 1 aromatic heterocycles. The van der Waals surface area contributed by atoms with Crippen LogP contribution in [0.1, 0.15) is 5.56 Å². The van der Waals surface area contributed by atoms with Crippen LogP contribution in [0.25, 0.3) is 10.9 Å². The molecule has 0 aliphatic rings. The van der Waals surface area contributed by atoms with E-state index < -0.39 is 0 Å². The molecule has 1 N–H and O–H groups in total. The maximum Gasteiger partial charge on any atom is 0.0992 e. The van der Waals surface area contributed by atoms with Crippen LogP contribution in [-0.2, 0) is 0 Å². The van der Waals surface area contributed by atoms with Gasteiger partial charge in [0, 0.05) is 17.1 Å². The smallest absolute Gasteiger partial charge is 0.0992 e. The second-order valence-electron chi connectivity index (χ2n) is 2.51. The number of H-pyrrole nitrogens is 1. The Labute approximate surface area is 74.4 Å². The summed E-state index contributed by atoms with van der Waals surface area (Å²) in [6.45, 7) is 0. The molecule has 0 fully saturated rings. The Morgan fingerprint density at radius 1 is 1.42 bits per heavy atom. The van der Waals surface area contributed by atoms with Gasteiger partial charge >= 0.3 is 0 Å². The average molecular weight is 177 g/mol. The van der Waals surface area contributed by atoms with Gasteiger partial charge in [-0.05, 0) is 12.1 Å². The van der Waals surface area contributed by atoms with Gasteiger partial charge in [0.05, 0.1) is 16.7 Å². The SMILES string of the molecule is N#Cc1ccc2c(Cl)c[nH]c2c1. The summed E-state index contributed by atoms with van der Waals surface area (Å²) in [4.78, 5) is 2.98. The zero-order valence-corrected chi connectivity index (χ0v) is 6.89. The summed E-state index contributed by atoms with van der Waals surface area (Å²) in [5, 5.41) is 10.3. The summed E-state index contributed by atoms with van der Waals surface area (Å²) >= 11 is 5.85. The number of hydrogen-bond acceptors (Lipinski definition) is 1. The van der Waals surface area contributed by atoms with Crippen molar-refractivity contribution in [2.75, 3.05) is 0 Å². The van der Waals surface area contributed by atoms with E-state index in [1.165, 1.54) is 0 Å². The van der Waals surface area contributed by atoms with E-state index in [0.29, 0.717) is 10.6 Å². The van der Waals surface area contributed by atoms with Crippen LogP contribution in [0.4, 0.5) is 0 Å². The molecule has 0 spiro atoms. The molecule has 1 heterocycles. The van der Waals surface area contributed by atoms with Crippen LogP contribution in [0.5, 0.6) is 0 Å². The number of halogens is 1. The predicted molar refractivity (Wildman–Crippen MR) is 48.0 cm³/mol. The van der Waals surface area contributed by atoms with Gasteiger partial charge in [0.25, 0.3) is 0 Å². The lowest BCUT2D eigenvalue weighted by molar-refractivity contribution is 1.46. The van der Waals surface area contributed by atoms with Crippen molar-refractivity contribution < 1.29 is 0 Å². The quantitative estimate of drug-likeness (QED) is 0.659. The van der Waals surface area contributed by atoms with E-state index in [-0.39, 0.29) is 0 Å². The summed E-state index contributed by atoms with van der Waals surface area (Å²) in [7, 11) is 0. The van der Waals surface area contributed by atoms with E-state index in [1.807, 2.05) is 6.07 Å². The fourth-order valence-corrected chi connectivity index (χ4v) is 1.38. The topological polar surface area (TPSA) is 39.6 Å². The molecule has 0 saturated carbocycles. The van der Waals surface area contributed by atoms with Gasteiger partial charge in [-0.3, -0.25) is 0 Å². The van der Waals surface area contributed by atoms with E-state index in [0.717, 1.165) is 10.9 Å². The molecular weight excluding hydrogens is 172 g/mol. The second kappa shape index (κ2) is 2.54. The number of nitriles is 1. The number of rotatable bonds is 0. The average Bonchev–Trinajstić information content (AvgIpc) is 2.47. The summed E-state index contributed by atoms with van der Waals surface area (Å²) < 4.78 is 0. The molecule has 0 unspecified atom stereocenters. The zero-order valence-electron chi connectivity index (χ0n) is 6.13. The Morgan fingerprint density at radius 2 is 2.25 bits per heavy atom. The van der Waals surface area contributed by atoms with Crippen LogP contribution >= 0.6 is 11.6 Å². The molecule has 0 radical (unpaired) electrons. The summed E-state index contributed by atoms with van der Waals surface area (Å²) in [5.74, 6) is 0. The maximum absolute atomic E-state index is 8.61. The number of fused-ring (bicyclic) bond motifs is 1. The summed E-state index contributed by atoms with van der Waals surface area (Å²) in [6, 6.07) is 7.44. The normalized spacial score (nSPS) is 10.0. The molecule has 0 amide bonds. The Bertz CT molecular complexity index is 465. The number of aromatic amines is 1. The third kappa shape index (κ3) is 0.956. The Hall–Kier alpha value is -1.46. The fraction of sp³-hybridized carbons (Fsp3) is 0. The first kappa shape index (κ1) is 7.20. The Balaban J connectivity index is 2.80. The lowest BCUT2D eigenvalue weighted by Crippen LogP contribution is -1.72. The lowest BCUT2D eigenvalue weighted by atomic mass is 10.2. The Kier molecular flexibility index (Phi) is 1.53. The minimum Gasteiger partial charge on any atom is -0.360 e. The molecular formula is C9H5ClN2. The number of nitrogens with one attached hydrogen (secondary N) is 1. The van der Waals surface area contributed by atoms with Crippen molar-refractivity contribution in [2.24, 2.45) is 0 Å². The zero-order chi connectivity index (χ0) is 8.55. The first-order valence-electron chi connectivity index (χ1n) is 3.48. The van der Waals surface area contributed by atoms with E-state index in [1.54, 1.807) is 18.3 Å². The van der Waals surface area contributed by atoms with E-state index in [2.05, 4.69) is 11.1 Å². The molecule has 0 bridgehead atoms. The van der Waals surface area contributed by atoms with Crippen molar-refractivity contribution in [3.05, 3.63) is 35.0 Å². The highest BCUT2D eigenvalue weighted by molar-refractivity contribution is 6.35. The van der Waals surface area contributed by atoms with Crippen molar-refractivity contribution in [2.45, 2.75) is 0 Å². The molecule has 2 nitrogen and oxygen atoms in total. The molecule has 2 rings (SSSR count). The lowest BCUT2D eigenvalue weighted by Gasteiger charge is -1.90. The van der Waals surface area contributed by atoms with Crippen molar-refractivity contribution >= 4 is 22.5 Å². The van der Waals surface area contributed by atoms with Crippen molar-refractivity contribution in [3.63, 3.8) is 0 Å². The van der Waals surface area contributed by atoms with Gasteiger partial charge in [-0.1, -0.05) is 17.7 Å². The van der Waals surface area contributed by atoms with Gasteiger partial charge < -0.3 is 4.98 Å². The molecule has 58 valence electrons. The van der Waals surface area contributed by atoms with Crippen LogP contribution in [0.15, 0.2) is 24.4 Å². The monoisotopic (exact) mass is 176 g/mol. The first-order valence-corrected chi connectivity index (χ1v) is 3.86. The summed E-state index contributed by atoms with van der Waals surface area (Å²) in [6.07, 6.45) is 1.72. The van der Waals surface area contributed by atoms with E-state index in [9.17, 15) is 0 Å². The van der Waals surface area contributed by atoms with Crippen LogP contribution in [0.3, 0.4) is 0 Å². The maximum atomic E-state index is 8.61. The second-order valence-corrected chi connectivity index (χ2v) is 2.92. The van der Waals surface area contributed by atoms with Crippen molar-refractivity contribution in [1.82, 2.24) is 4.98 Å². The highest BCUT2D eigenvalue weighted by Gasteiger charge is 2.00. The first-order chi connectivity index (χ1) is 5.81. The number of benzene rings is 1. The highest BCUT2D eigenvalue weighted by Crippen LogP contribution is 2.23. The molecule has 0 aliphatic carbocycles. The standard InChI is InChI=1S/C9H5ClN2/c10-8-5-12-9-3-6(4-11)1-2-7(8)9/h1-3,5,12H. The van der Waals surface area contributed by atoms with E-state index >= 15 is 0 Å². The fourth-order valence-electron chi connectivity index (χ4n) is 1.16. The molecule has 0 atom stereocenters. The third-order valence-corrected chi connectivity index (χ3v) is 2.07. The number of aromatic nitrogens is 1. The van der Waals surface area contributed by atoms with Gasteiger partial charge in [-0.25, -0.2) is 0 Å². The molecule has 3 heteroatoms. The summed E-state index contributed by atoms with van der Waals surface area (Å²) in [5.41, 5.74) is 1.54. The largest absolute Gasteiger partial charge is 0.360 e. The minimum absolute atomic E-state index is 0.640. The van der Waals surface area contributed by atoms with Crippen molar-refractivity contribution in [1.29, 1.82) is 5.26 Å².